The summed E-state index contributed by atoms with van der Waals surface area (Å²) in [5, 5.41) is 1.30. The number of rotatable bonds is 5. The number of hydrogen-bond donors (Lipinski definition) is 0. The number of benzene rings is 2. The third-order valence-electron chi connectivity index (χ3n) is 5.40. The molecular weight excluding hydrogens is 418 g/mol. The minimum Gasteiger partial charge on any atom is -0.337 e. The van der Waals surface area contributed by atoms with Gasteiger partial charge in [-0.15, -0.1) is 0 Å². The zero-order valence-electron chi connectivity index (χ0n) is 17.1. The molecule has 1 aromatic heterocycles. The second-order valence-electron chi connectivity index (χ2n) is 7.55. The lowest BCUT2D eigenvalue weighted by Gasteiger charge is -2.30. The van der Waals surface area contributed by atoms with Crippen molar-refractivity contribution < 1.29 is 4.79 Å². The van der Waals surface area contributed by atoms with E-state index in [9.17, 15) is 9.59 Å². The van der Waals surface area contributed by atoms with E-state index in [1.807, 2.05) is 30.9 Å². The van der Waals surface area contributed by atoms with Crippen molar-refractivity contribution in [2.45, 2.75) is 50.2 Å². The van der Waals surface area contributed by atoms with Gasteiger partial charge in [-0.05, 0) is 49.1 Å². The van der Waals surface area contributed by atoms with Crippen LogP contribution in [0.1, 0.15) is 31.4 Å². The molecule has 0 radical (unpaired) electrons. The Morgan fingerprint density at radius 2 is 2.00 bits per heavy atom. The van der Waals surface area contributed by atoms with Gasteiger partial charge >= 0.3 is 0 Å². The molecule has 2 heterocycles. The van der Waals surface area contributed by atoms with Crippen LogP contribution in [0.4, 0.5) is 0 Å². The van der Waals surface area contributed by atoms with E-state index in [1.54, 1.807) is 22.8 Å². The van der Waals surface area contributed by atoms with E-state index < -0.39 is 0 Å². The predicted octanol–water partition coefficient (Wildman–Crippen LogP) is 4.53. The van der Waals surface area contributed by atoms with Crippen LogP contribution in [-0.2, 0) is 24.3 Å². The second-order valence-corrected chi connectivity index (χ2v) is 9.30. The Kier molecular flexibility index (Phi) is 6.16. The van der Waals surface area contributed by atoms with E-state index in [4.69, 9.17) is 11.6 Å². The van der Waals surface area contributed by atoms with Crippen molar-refractivity contribution in [2.24, 2.45) is 0 Å². The fourth-order valence-corrected chi connectivity index (χ4v) is 5.02. The summed E-state index contributed by atoms with van der Waals surface area (Å²) in [6.45, 7) is 5.81. The molecule has 0 spiro atoms. The van der Waals surface area contributed by atoms with Gasteiger partial charge < -0.3 is 4.90 Å². The van der Waals surface area contributed by atoms with Crippen molar-refractivity contribution in [1.29, 1.82) is 0 Å². The highest BCUT2D eigenvalue weighted by atomic mass is 35.5. The number of fused-ring (bicyclic) bond motifs is 2. The lowest BCUT2D eigenvalue weighted by molar-refractivity contribution is -0.131. The van der Waals surface area contributed by atoms with Gasteiger partial charge in [-0.25, -0.2) is 4.98 Å². The van der Waals surface area contributed by atoms with Crippen LogP contribution >= 0.6 is 23.4 Å². The molecule has 1 aliphatic heterocycles. The van der Waals surface area contributed by atoms with Crippen LogP contribution < -0.4 is 5.56 Å². The Morgan fingerprint density at radius 1 is 1.23 bits per heavy atom. The molecule has 30 heavy (non-hydrogen) atoms. The van der Waals surface area contributed by atoms with Crippen LogP contribution in [0.15, 0.2) is 52.4 Å². The van der Waals surface area contributed by atoms with Crippen LogP contribution in [0.25, 0.3) is 10.9 Å². The van der Waals surface area contributed by atoms with Crippen molar-refractivity contribution in [3.8, 4) is 0 Å². The molecule has 4 rings (SSSR count). The average molecular weight is 442 g/mol. The Morgan fingerprint density at radius 3 is 2.77 bits per heavy atom. The molecular formula is C23H24ClN3O2S. The van der Waals surface area contributed by atoms with Gasteiger partial charge in [-0.3, -0.25) is 14.2 Å². The largest absolute Gasteiger partial charge is 0.337 e. The van der Waals surface area contributed by atoms with E-state index in [2.05, 4.69) is 17.1 Å². The Bertz CT molecular complexity index is 1160. The lowest BCUT2D eigenvalue weighted by atomic mass is 10.00. The Hall–Kier alpha value is -2.31. The highest BCUT2D eigenvalue weighted by molar-refractivity contribution is 8.00. The molecule has 7 heteroatoms. The van der Waals surface area contributed by atoms with E-state index in [-0.39, 0.29) is 16.7 Å². The molecule has 0 saturated heterocycles. The van der Waals surface area contributed by atoms with Crippen LogP contribution in [0.5, 0.6) is 0 Å². The number of amides is 1. The first-order valence-corrected chi connectivity index (χ1v) is 11.5. The fraction of sp³-hybridized carbons (Fsp3) is 0.348. The van der Waals surface area contributed by atoms with Crippen LogP contribution in [0.2, 0.25) is 5.02 Å². The summed E-state index contributed by atoms with van der Waals surface area (Å²) in [5.74, 6) is 0.0676. The number of carbonyl (C=O) groups excluding carboxylic acids is 1. The van der Waals surface area contributed by atoms with Gasteiger partial charge in [-0.2, -0.15) is 0 Å². The maximum Gasteiger partial charge on any atom is 0.262 e. The van der Waals surface area contributed by atoms with Crippen LogP contribution in [0.3, 0.4) is 0 Å². The molecule has 5 nitrogen and oxygen atoms in total. The van der Waals surface area contributed by atoms with Crippen molar-refractivity contribution in [2.75, 3.05) is 6.54 Å². The van der Waals surface area contributed by atoms with Gasteiger partial charge in [0.1, 0.15) is 0 Å². The molecule has 0 bridgehead atoms. The SMILES string of the molecule is CCCn1c(SC(C)C(=O)N2CCc3ccccc3C2)nc2cc(Cl)ccc2c1=O. The molecule has 1 atom stereocenters. The second kappa shape index (κ2) is 8.82. The zero-order valence-corrected chi connectivity index (χ0v) is 18.7. The smallest absolute Gasteiger partial charge is 0.262 e. The van der Waals surface area contributed by atoms with Crippen molar-refractivity contribution in [1.82, 2.24) is 14.5 Å². The van der Waals surface area contributed by atoms with Crippen molar-refractivity contribution >= 4 is 40.2 Å². The Labute approximate surface area is 185 Å². The standard InChI is InChI=1S/C23H24ClN3O2S/c1-3-11-27-22(29)19-9-8-18(24)13-20(19)25-23(27)30-15(2)21(28)26-12-10-16-6-4-5-7-17(16)14-26/h4-9,13,15H,3,10-12,14H2,1-2H3. The van der Waals surface area contributed by atoms with Crippen molar-refractivity contribution in [3.63, 3.8) is 0 Å². The first-order valence-electron chi connectivity index (χ1n) is 10.2. The summed E-state index contributed by atoms with van der Waals surface area (Å²) in [7, 11) is 0. The van der Waals surface area contributed by atoms with E-state index >= 15 is 0 Å². The van der Waals surface area contributed by atoms with Gasteiger partial charge in [-0.1, -0.05) is 54.6 Å². The summed E-state index contributed by atoms with van der Waals surface area (Å²) in [5.41, 5.74) is 2.99. The summed E-state index contributed by atoms with van der Waals surface area (Å²) in [6, 6.07) is 13.4. The number of aromatic nitrogens is 2. The maximum absolute atomic E-state index is 13.2. The minimum absolute atomic E-state index is 0.0676. The van der Waals surface area contributed by atoms with Crippen LogP contribution in [-0.4, -0.2) is 32.2 Å². The molecule has 1 amide bonds. The minimum atomic E-state index is -0.345. The van der Waals surface area contributed by atoms with Gasteiger partial charge in [0, 0.05) is 24.7 Å². The molecule has 0 N–H and O–H groups in total. The van der Waals surface area contributed by atoms with Crippen molar-refractivity contribution in [3.05, 3.63) is 69.0 Å². The summed E-state index contributed by atoms with van der Waals surface area (Å²) in [6.07, 6.45) is 1.67. The summed E-state index contributed by atoms with van der Waals surface area (Å²) >= 11 is 7.45. The molecule has 3 aromatic rings. The third-order valence-corrected chi connectivity index (χ3v) is 6.71. The quantitative estimate of drug-likeness (QED) is 0.431. The van der Waals surface area contributed by atoms with Gasteiger partial charge in [0.2, 0.25) is 5.91 Å². The van der Waals surface area contributed by atoms with Gasteiger partial charge in [0.05, 0.1) is 16.2 Å². The molecule has 0 saturated carbocycles. The number of carbonyl (C=O) groups is 1. The number of nitrogens with zero attached hydrogens (tertiary/aromatic N) is 3. The molecule has 0 fully saturated rings. The fourth-order valence-electron chi connectivity index (χ4n) is 3.83. The molecule has 1 unspecified atom stereocenters. The maximum atomic E-state index is 13.2. The Balaban J connectivity index is 1.60. The molecule has 2 aromatic carbocycles. The highest BCUT2D eigenvalue weighted by Crippen LogP contribution is 2.27. The first kappa shape index (κ1) is 20.9. The first-order chi connectivity index (χ1) is 14.5. The van der Waals surface area contributed by atoms with E-state index in [0.717, 1.165) is 12.8 Å². The molecule has 1 aliphatic rings. The topological polar surface area (TPSA) is 55.2 Å². The monoisotopic (exact) mass is 441 g/mol. The normalized spacial score (nSPS) is 14.6. The van der Waals surface area contributed by atoms with E-state index in [1.165, 1.54) is 22.9 Å². The van der Waals surface area contributed by atoms with E-state index in [0.29, 0.717) is 40.7 Å². The molecule has 156 valence electrons. The number of hydrogen-bond acceptors (Lipinski definition) is 4. The third kappa shape index (κ3) is 4.12. The highest BCUT2D eigenvalue weighted by Gasteiger charge is 2.26. The van der Waals surface area contributed by atoms with Gasteiger partial charge in [0.15, 0.2) is 5.16 Å². The zero-order chi connectivity index (χ0) is 21.3. The number of halogens is 1. The molecule has 0 aliphatic carbocycles. The lowest BCUT2D eigenvalue weighted by Crippen LogP contribution is -2.40. The summed E-state index contributed by atoms with van der Waals surface area (Å²) in [4.78, 5) is 32.8. The summed E-state index contributed by atoms with van der Waals surface area (Å²) < 4.78 is 1.68. The number of thioether (sulfide) groups is 1. The van der Waals surface area contributed by atoms with Crippen LogP contribution in [0, 0.1) is 0 Å². The average Bonchev–Trinajstić information content (AvgIpc) is 2.75. The predicted molar refractivity (Wildman–Crippen MR) is 122 cm³/mol. The van der Waals surface area contributed by atoms with Gasteiger partial charge in [0.25, 0.3) is 5.56 Å².